The zero-order valence-electron chi connectivity index (χ0n) is 11.7. The maximum absolute atomic E-state index is 12.5. The van der Waals surface area contributed by atoms with Crippen molar-refractivity contribution in [3.63, 3.8) is 0 Å². The van der Waals surface area contributed by atoms with Crippen molar-refractivity contribution in [2.24, 2.45) is 0 Å². The highest BCUT2D eigenvalue weighted by atomic mass is 16.7. The van der Waals surface area contributed by atoms with E-state index in [-0.39, 0.29) is 11.3 Å². The molecule has 1 aliphatic heterocycles. The summed E-state index contributed by atoms with van der Waals surface area (Å²) in [6, 6.07) is 11.1. The normalized spacial score (nSPS) is 23.7. The Labute approximate surface area is 126 Å². The van der Waals surface area contributed by atoms with Crippen molar-refractivity contribution in [3.05, 3.63) is 53.6 Å². The van der Waals surface area contributed by atoms with Gasteiger partial charge in [0.15, 0.2) is 17.6 Å². The van der Waals surface area contributed by atoms with Gasteiger partial charge in [0, 0.05) is 12.7 Å². The molecule has 3 N–H and O–H groups in total. The molecule has 0 radical (unpaired) electrons. The molecule has 2 unspecified atom stereocenters. The third-order valence-electron chi connectivity index (χ3n) is 3.71. The standard InChI is InChI=1S/C16H14O6/c1-21-16(9-5-3-2-4-6-9)15(20)14(19)12-11(22-16)8-7-10(17)13(12)18/h2-8,15,17-18,20H,1H3. The summed E-state index contributed by atoms with van der Waals surface area (Å²) in [6.07, 6.45) is -1.69. The molecule has 2 atom stereocenters. The summed E-state index contributed by atoms with van der Waals surface area (Å²) < 4.78 is 11.0. The number of hydrogen-bond donors (Lipinski definition) is 3. The third kappa shape index (κ3) is 1.85. The molecule has 0 aromatic heterocycles. The predicted molar refractivity (Wildman–Crippen MR) is 75.9 cm³/mol. The molecule has 0 saturated heterocycles. The van der Waals surface area contributed by atoms with Gasteiger partial charge in [-0.2, -0.15) is 0 Å². The lowest BCUT2D eigenvalue weighted by atomic mass is 9.89. The minimum Gasteiger partial charge on any atom is -0.504 e. The van der Waals surface area contributed by atoms with Crippen LogP contribution in [0, 0.1) is 0 Å². The molecule has 0 aliphatic carbocycles. The zero-order valence-corrected chi connectivity index (χ0v) is 11.7. The summed E-state index contributed by atoms with van der Waals surface area (Å²) in [4.78, 5) is 12.5. The fourth-order valence-corrected chi connectivity index (χ4v) is 2.57. The lowest BCUT2D eigenvalue weighted by Crippen LogP contribution is -2.53. The van der Waals surface area contributed by atoms with E-state index in [1.54, 1.807) is 30.3 Å². The Morgan fingerprint density at radius 2 is 1.82 bits per heavy atom. The first kappa shape index (κ1) is 14.4. The molecule has 0 amide bonds. The van der Waals surface area contributed by atoms with Gasteiger partial charge in [-0.05, 0) is 12.1 Å². The largest absolute Gasteiger partial charge is 0.504 e. The molecule has 3 rings (SSSR count). The van der Waals surface area contributed by atoms with Crippen LogP contribution in [0.5, 0.6) is 17.2 Å². The van der Waals surface area contributed by atoms with Gasteiger partial charge >= 0.3 is 0 Å². The van der Waals surface area contributed by atoms with E-state index in [0.29, 0.717) is 5.56 Å². The number of aliphatic hydroxyl groups is 1. The molecule has 1 heterocycles. The van der Waals surface area contributed by atoms with Gasteiger partial charge in [0.25, 0.3) is 5.79 Å². The smallest absolute Gasteiger partial charge is 0.270 e. The Kier molecular flexibility index (Phi) is 3.27. The van der Waals surface area contributed by atoms with Crippen molar-refractivity contribution < 1.29 is 29.6 Å². The van der Waals surface area contributed by atoms with E-state index in [1.807, 2.05) is 0 Å². The van der Waals surface area contributed by atoms with Crippen LogP contribution in [0.25, 0.3) is 0 Å². The molecule has 1 aliphatic rings. The number of methoxy groups -OCH3 is 1. The van der Waals surface area contributed by atoms with Crippen molar-refractivity contribution >= 4 is 5.78 Å². The number of aromatic hydroxyl groups is 2. The van der Waals surface area contributed by atoms with Crippen LogP contribution in [0.2, 0.25) is 0 Å². The van der Waals surface area contributed by atoms with Crippen molar-refractivity contribution in [1.29, 1.82) is 0 Å². The van der Waals surface area contributed by atoms with Crippen LogP contribution < -0.4 is 4.74 Å². The first-order valence-corrected chi connectivity index (χ1v) is 6.58. The Morgan fingerprint density at radius 1 is 1.14 bits per heavy atom. The molecule has 0 fully saturated rings. The van der Waals surface area contributed by atoms with Crippen LogP contribution in [-0.4, -0.2) is 34.3 Å². The number of carbonyl (C=O) groups excluding carboxylic acids is 1. The molecule has 0 saturated carbocycles. The van der Waals surface area contributed by atoms with Gasteiger partial charge in [0.05, 0.1) is 0 Å². The monoisotopic (exact) mass is 302 g/mol. The van der Waals surface area contributed by atoms with Gasteiger partial charge in [0.2, 0.25) is 5.78 Å². The summed E-state index contributed by atoms with van der Waals surface area (Å²) in [6.45, 7) is 0. The van der Waals surface area contributed by atoms with Gasteiger partial charge in [-0.15, -0.1) is 0 Å². The summed E-state index contributed by atoms with van der Waals surface area (Å²) in [5.74, 6) is -3.57. The van der Waals surface area contributed by atoms with Crippen molar-refractivity contribution in [3.8, 4) is 17.2 Å². The van der Waals surface area contributed by atoms with Gasteiger partial charge in [-0.25, -0.2) is 0 Å². The molecule has 6 heteroatoms. The predicted octanol–water partition coefficient (Wildman–Crippen LogP) is 1.53. The molecular formula is C16H14O6. The van der Waals surface area contributed by atoms with E-state index in [2.05, 4.69) is 0 Å². The van der Waals surface area contributed by atoms with E-state index in [9.17, 15) is 20.1 Å². The van der Waals surface area contributed by atoms with Crippen LogP contribution in [-0.2, 0) is 10.5 Å². The second-order valence-electron chi connectivity index (χ2n) is 4.91. The summed E-state index contributed by atoms with van der Waals surface area (Å²) in [5, 5.41) is 29.8. The highest BCUT2D eigenvalue weighted by molar-refractivity contribution is 6.06. The summed E-state index contributed by atoms with van der Waals surface area (Å²) in [7, 11) is 1.31. The highest BCUT2D eigenvalue weighted by Gasteiger charge is 2.52. The number of fused-ring (bicyclic) bond motifs is 1. The third-order valence-corrected chi connectivity index (χ3v) is 3.71. The first-order chi connectivity index (χ1) is 10.5. The van der Waals surface area contributed by atoms with E-state index in [4.69, 9.17) is 9.47 Å². The molecular weight excluding hydrogens is 288 g/mol. The zero-order chi connectivity index (χ0) is 15.9. The molecule has 22 heavy (non-hydrogen) atoms. The van der Waals surface area contributed by atoms with Crippen LogP contribution in [0.4, 0.5) is 0 Å². The minimum absolute atomic E-state index is 0.0244. The van der Waals surface area contributed by atoms with Gasteiger partial charge in [0.1, 0.15) is 11.3 Å². The van der Waals surface area contributed by atoms with Gasteiger partial charge in [-0.3, -0.25) is 4.79 Å². The molecule has 0 spiro atoms. The number of phenolic OH excluding ortho intramolecular Hbond substituents is 2. The van der Waals surface area contributed by atoms with Gasteiger partial charge < -0.3 is 24.8 Å². The van der Waals surface area contributed by atoms with Crippen molar-refractivity contribution in [2.45, 2.75) is 11.9 Å². The number of hydrogen-bond acceptors (Lipinski definition) is 6. The second-order valence-corrected chi connectivity index (χ2v) is 4.91. The number of carbonyl (C=O) groups is 1. The lowest BCUT2D eigenvalue weighted by molar-refractivity contribution is -0.223. The average Bonchev–Trinajstić information content (AvgIpc) is 2.55. The quantitative estimate of drug-likeness (QED) is 0.728. The van der Waals surface area contributed by atoms with E-state index in [1.165, 1.54) is 19.2 Å². The minimum atomic E-state index is -1.71. The van der Waals surface area contributed by atoms with E-state index in [0.717, 1.165) is 0 Å². The second kappa shape index (κ2) is 5.01. The number of ether oxygens (including phenoxy) is 2. The Bertz CT molecular complexity index is 727. The Morgan fingerprint density at radius 3 is 2.45 bits per heavy atom. The number of benzene rings is 2. The molecule has 114 valence electrons. The van der Waals surface area contributed by atoms with E-state index >= 15 is 0 Å². The van der Waals surface area contributed by atoms with Crippen LogP contribution >= 0.6 is 0 Å². The maximum Gasteiger partial charge on any atom is 0.270 e. The topological polar surface area (TPSA) is 96.2 Å². The molecule has 6 nitrogen and oxygen atoms in total. The van der Waals surface area contributed by atoms with E-state index < -0.39 is 29.2 Å². The Hall–Kier alpha value is -2.57. The molecule has 2 aromatic rings. The summed E-state index contributed by atoms with van der Waals surface area (Å²) in [5.41, 5.74) is 0.188. The number of rotatable bonds is 2. The maximum atomic E-state index is 12.5. The molecule has 2 aromatic carbocycles. The van der Waals surface area contributed by atoms with Gasteiger partial charge in [-0.1, -0.05) is 30.3 Å². The fraction of sp³-hybridized carbons (Fsp3) is 0.188. The SMILES string of the molecule is COC1(c2ccccc2)Oc2ccc(O)c(O)c2C(=O)C1O. The van der Waals surface area contributed by atoms with Crippen molar-refractivity contribution in [1.82, 2.24) is 0 Å². The number of aliphatic hydroxyl groups excluding tert-OH is 1. The number of phenols is 2. The summed E-state index contributed by atoms with van der Waals surface area (Å²) >= 11 is 0. The van der Waals surface area contributed by atoms with Crippen LogP contribution in [0.3, 0.4) is 0 Å². The first-order valence-electron chi connectivity index (χ1n) is 6.58. The number of ketones is 1. The highest BCUT2D eigenvalue weighted by Crippen LogP contribution is 2.45. The van der Waals surface area contributed by atoms with Crippen LogP contribution in [0.15, 0.2) is 42.5 Å². The number of Topliss-reactive ketones (excluding diaryl/α,β-unsaturated/α-hetero) is 1. The van der Waals surface area contributed by atoms with Crippen LogP contribution in [0.1, 0.15) is 15.9 Å². The Balaban J connectivity index is 2.20. The molecule has 0 bridgehead atoms. The lowest BCUT2D eigenvalue weighted by Gasteiger charge is -2.40. The fourth-order valence-electron chi connectivity index (χ4n) is 2.57. The van der Waals surface area contributed by atoms with Crippen molar-refractivity contribution in [2.75, 3.05) is 7.11 Å². The average molecular weight is 302 g/mol.